The maximum Gasteiger partial charge on any atom is 0.466 e. The lowest BCUT2D eigenvalue weighted by atomic mass is 10.3. The van der Waals surface area contributed by atoms with E-state index in [4.69, 9.17) is 19.2 Å². The normalized spacial score (nSPS) is 10.5. The zero-order chi connectivity index (χ0) is 10.3. The van der Waals surface area contributed by atoms with Gasteiger partial charge in [-0.2, -0.15) is 5.10 Å². The fourth-order valence-corrected chi connectivity index (χ4v) is 0.686. The lowest BCUT2D eigenvalue weighted by Gasteiger charge is -1.84. The van der Waals surface area contributed by atoms with Crippen LogP contribution in [-0.2, 0) is 11.0 Å². The minimum absolute atomic E-state index is 1.09. The van der Waals surface area contributed by atoms with Crippen molar-refractivity contribution < 1.29 is 19.2 Å². The van der Waals surface area contributed by atoms with Crippen molar-refractivity contribution in [3.05, 3.63) is 18.0 Å². The van der Waals surface area contributed by atoms with Gasteiger partial charge in [0, 0.05) is 6.20 Å². The van der Waals surface area contributed by atoms with Crippen molar-refractivity contribution in [1.82, 2.24) is 10.2 Å². The topological polar surface area (TPSA) is 106 Å². The number of nitrogens with one attached hydrogen (secondary N) is 1. The first kappa shape index (κ1) is 12.3. The number of rotatable bonds is 2. The molecule has 0 aliphatic carbocycles. The van der Waals surface area contributed by atoms with Crippen molar-refractivity contribution in [1.29, 1.82) is 0 Å². The summed E-state index contributed by atoms with van der Waals surface area (Å²) in [5, 5.41) is 6.75. The monoisotopic (exact) mass is 208 g/mol. The Hall–Kier alpha value is -0.680. The number of nitrogens with zero attached hydrogens (tertiary/aromatic N) is 1. The Balaban J connectivity index is 0.000000252. The van der Waals surface area contributed by atoms with E-state index in [1.165, 1.54) is 6.42 Å². The molecule has 0 atom stereocenters. The molecule has 76 valence electrons. The van der Waals surface area contributed by atoms with Crippen LogP contribution in [0.4, 0.5) is 0 Å². The molecule has 0 saturated carbocycles. The van der Waals surface area contributed by atoms with Gasteiger partial charge in [-0.3, -0.25) is 5.10 Å². The fourth-order valence-electron chi connectivity index (χ4n) is 0.686. The Kier molecular flexibility index (Phi) is 5.57. The SMILES string of the molecule is CCCc1cc[nH]n1.O=P(O)(O)O. The summed E-state index contributed by atoms with van der Waals surface area (Å²) in [6.07, 6.45) is 4.11. The van der Waals surface area contributed by atoms with Crippen LogP contribution in [-0.4, -0.2) is 24.9 Å². The molecule has 13 heavy (non-hydrogen) atoms. The molecular weight excluding hydrogens is 195 g/mol. The molecule has 0 spiro atoms. The second-order valence-electron chi connectivity index (χ2n) is 2.33. The fraction of sp³-hybridized carbons (Fsp3) is 0.500. The van der Waals surface area contributed by atoms with Crippen molar-refractivity contribution in [3.63, 3.8) is 0 Å². The number of H-pyrrole nitrogens is 1. The molecule has 0 aliphatic heterocycles. The van der Waals surface area contributed by atoms with E-state index in [-0.39, 0.29) is 0 Å². The number of hydrogen-bond acceptors (Lipinski definition) is 2. The molecule has 6 nitrogen and oxygen atoms in total. The highest BCUT2D eigenvalue weighted by atomic mass is 31.2. The molecular formula is C6H13N2O4P. The van der Waals surface area contributed by atoms with Gasteiger partial charge in [-0.1, -0.05) is 13.3 Å². The predicted molar refractivity (Wildman–Crippen MR) is 46.8 cm³/mol. The average Bonchev–Trinajstić information content (AvgIpc) is 2.36. The van der Waals surface area contributed by atoms with E-state index in [0.29, 0.717) is 0 Å². The molecule has 0 saturated heterocycles. The van der Waals surface area contributed by atoms with Gasteiger partial charge in [0.15, 0.2) is 0 Å². The van der Waals surface area contributed by atoms with E-state index in [9.17, 15) is 0 Å². The van der Waals surface area contributed by atoms with E-state index in [1.54, 1.807) is 0 Å². The largest absolute Gasteiger partial charge is 0.466 e. The van der Waals surface area contributed by atoms with Crippen LogP contribution in [0.5, 0.6) is 0 Å². The highest BCUT2D eigenvalue weighted by molar-refractivity contribution is 7.45. The third-order valence-electron chi connectivity index (χ3n) is 1.06. The van der Waals surface area contributed by atoms with E-state index in [1.807, 2.05) is 12.3 Å². The highest BCUT2D eigenvalue weighted by Gasteiger charge is 2.00. The predicted octanol–water partition coefficient (Wildman–Crippen LogP) is 0.434. The molecule has 0 aromatic carbocycles. The van der Waals surface area contributed by atoms with Crippen LogP contribution in [0.1, 0.15) is 19.0 Å². The van der Waals surface area contributed by atoms with Gasteiger partial charge in [0.05, 0.1) is 5.69 Å². The molecule has 1 heterocycles. The maximum absolute atomic E-state index is 8.88. The lowest BCUT2D eigenvalue weighted by molar-refractivity contribution is 0.275. The lowest BCUT2D eigenvalue weighted by Crippen LogP contribution is -1.80. The Morgan fingerprint density at radius 3 is 2.38 bits per heavy atom. The summed E-state index contributed by atoms with van der Waals surface area (Å²) in [5.74, 6) is 0. The molecule has 1 aromatic rings. The molecule has 0 aliphatic rings. The van der Waals surface area contributed by atoms with Crippen LogP contribution in [0.2, 0.25) is 0 Å². The van der Waals surface area contributed by atoms with Crippen LogP contribution >= 0.6 is 7.82 Å². The molecule has 0 bridgehead atoms. The van der Waals surface area contributed by atoms with Gasteiger partial charge in [0.1, 0.15) is 0 Å². The van der Waals surface area contributed by atoms with Crippen LogP contribution in [0.3, 0.4) is 0 Å². The molecule has 0 fully saturated rings. The van der Waals surface area contributed by atoms with E-state index < -0.39 is 7.82 Å². The van der Waals surface area contributed by atoms with Crippen LogP contribution in [0, 0.1) is 0 Å². The summed E-state index contributed by atoms with van der Waals surface area (Å²) >= 11 is 0. The number of aryl methyl sites for hydroxylation is 1. The third-order valence-corrected chi connectivity index (χ3v) is 1.06. The van der Waals surface area contributed by atoms with Gasteiger partial charge in [0.25, 0.3) is 0 Å². The van der Waals surface area contributed by atoms with Crippen molar-refractivity contribution in [2.24, 2.45) is 0 Å². The minimum atomic E-state index is -4.64. The van der Waals surface area contributed by atoms with Crippen molar-refractivity contribution in [2.45, 2.75) is 19.8 Å². The van der Waals surface area contributed by atoms with Crippen molar-refractivity contribution in [3.8, 4) is 0 Å². The van der Waals surface area contributed by atoms with Crippen LogP contribution in [0.15, 0.2) is 12.3 Å². The quantitative estimate of drug-likeness (QED) is 0.527. The molecule has 0 unspecified atom stereocenters. The number of aromatic nitrogens is 2. The first-order chi connectivity index (χ1) is 5.93. The zero-order valence-corrected chi connectivity index (χ0v) is 8.11. The van der Waals surface area contributed by atoms with Crippen LogP contribution in [0.25, 0.3) is 0 Å². The van der Waals surface area contributed by atoms with Gasteiger partial charge in [-0.05, 0) is 12.5 Å². The molecule has 0 radical (unpaired) electrons. The number of hydrogen-bond donors (Lipinski definition) is 4. The molecule has 0 amide bonds. The number of phosphoric acid groups is 1. The molecule has 1 aromatic heterocycles. The summed E-state index contributed by atoms with van der Waals surface area (Å²) in [6.45, 7) is 2.15. The standard InChI is InChI=1S/C6H10N2.H3O4P/c1-2-3-6-4-5-7-8-6;1-5(2,3)4/h4-5H,2-3H2,1H3,(H,7,8);(H3,1,2,3,4). The van der Waals surface area contributed by atoms with Gasteiger partial charge < -0.3 is 14.7 Å². The molecule has 1 rings (SSSR count). The van der Waals surface area contributed by atoms with E-state index >= 15 is 0 Å². The van der Waals surface area contributed by atoms with Crippen molar-refractivity contribution >= 4 is 7.82 Å². The summed E-state index contributed by atoms with van der Waals surface area (Å²) in [7, 11) is -4.64. The Morgan fingerprint density at radius 2 is 2.08 bits per heavy atom. The molecule has 7 heteroatoms. The van der Waals surface area contributed by atoms with Gasteiger partial charge in [0.2, 0.25) is 0 Å². The second kappa shape index (κ2) is 5.88. The first-order valence-electron chi connectivity index (χ1n) is 3.70. The summed E-state index contributed by atoms with van der Waals surface area (Å²) in [5.41, 5.74) is 1.16. The second-order valence-corrected chi connectivity index (χ2v) is 3.36. The van der Waals surface area contributed by atoms with Gasteiger partial charge in [-0.25, -0.2) is 4.57 Å². The van der Waals surface area contributed by atoms with Gasteiger partial charge >= 0.3 is 7.82 Å². The zero-order valence-electron chi connectivity index (χ0n) is 7.21. The average molecular weight is 208 g/mol. The third kappa shape index (κ3) is 11.3. The Morgan fingerprint density at radius 1 is 1.54 bits per heavy atom. The Bertz CT molecular complexity index is 247. The summed E-state index contributed by atoms with van der Waals surface area (Å²) in [4.78, 5) is 21.6. The van der Waals surface area contributed by atoms with Gasteiger partial charge in [-0.15, -0.1) is 0 Å². The maximum atomic E-state index is 8.88. The summed E-state index contributed by atoms with van der Waals surface area (Å²) < 4.78 is 8.88. The first-order valence-corrected chi connectivity index (χ1v) is 5.27. The minimum Gasteiger partial charge on any atom is -0.303 e. The summed E-state index contributed by atoms with van der Waals surface area (Å²) in [6, 6.07) is 2.00. The smallest absolute Gasteiger partial charge is 0.303 e. The highest BCUT2D eigenvalue weighted by Crippen LogP contribution is 2.25. The van der Waals surface area contributed by atoms with E-state index in [2.05, 4.69) is 17.1 Å². The Labute approximate surface area is 75.9 Å². The van der Waals surface area contributed by atoms with Crippen molar-refractivity contribution in [2.75, 3.05) is 0 Å². The number of aromatic amines is 1. The molecule has 4 N–H and O–H groups in total. The van der Waals surface area contributed by atoms with E-state index in [0.717, 1.165) is 12.1 Å². The van der Waals surface area contributed by atoms with Crippen LogP contribution < -0.4 is 0 Å².